The molecule has 0 spiro atoms. The van der Waals surface area contributed by atoms with Crippen LogP contribution in [0.5, 0.6) is 0 Å². The van der Waals surface area contributed by atoms with Crippen LogP contribution in [-0.2, 0) is 24.4 Å². The second-order valence-electron chi connectivity index (χ2n) is 11.0. The molecule has 0 unspecified atom stereocenters. The maximum absolute atomic E-state index is 13.4. The molecule has 0 radical (unpaired) electrons. The number of amides is 1. The standard InChI is InChI=1S/C34H40N4O/c1-26(2)37(34(39)20-19-28-14-6-5-13-27(28)3)25-33-35-31-17-9-10-18-32(31)38(33)24-30-16-8-7-15-29(30)23-36-21-11-4-12-22-36/h5-10,13-20,26H,4,11-12,21-25H2,1-3H3. The zero-order chi connectivity index (χ0) is 27.2. The van der Waals surface area contributed by atoms with E-state index in [4.69, 9.17) is 4.98 Å². The van der Waals surface area contributed by atoms with Crippen molar-refractivity contribution in [1.82, 2.24) is 19.4 Å². The van der Waals surface area contributed by atoms with E-state index in [1.54, 1.807) is 6.08 Å². The van der Waals surface area contributed by atoms with E-state index in [9.17, 15) is 4.79 Å². The SMILES string of the molecule is Cc1ccccc1C=CC(=O)N(Cc1nc2ccccc2n1Cc1ccccc1CN1CCCCC1)C(C)C. The van der Waals surface area contributed by atoms with Gasteiger partial charge < -0.3 is 9.47 Å². The predicted molar refractivity (Wildman–Crippen MR) is 160 cm³/mol. The molecule has 1 saturated heterocycles. The minimum Gasteiger partial charge on any atom is -0.329 e. The first kappa shape index (κ1) is 26.9. The van der Waals surface area contributed by atoms with Gasteiger partial charge in [0.15, 0.2) is 0 Å². The third-order valence-electron chi connectivity index (χ3n) is 7.84. The van der Waals surface area contributed by atoms with Crippen molar-refractivity contribution in [2.24, 2.45) is 0 Å². The summed E-state index contributed by atoms with van der Waals surface area (Å²) in [6.45, 7) is 10.7. The maximum Gasteiger partial charge on any atom is 0.247 e. The molecule has 202 valence electrons. The number of imidazole rings is 1. The molecular weight excluding hydrogens is 480 g/mol. The molecule has 4 aromatic rings. The number of hydrogen-bond donors (Lipinski definition) is 0. The average Bonchev–Trinajstić information content (AvgIpc) is 3.29. The molecule has 0 atom stereocenters. The van der Waals surface area contributed by atoms with Crippen molar-refractivity contribution in [3.63, 3.8) is 0 Å². The minimum absolute atomic E-state index is 0.00245. The van der Waals surface area contributed by atoms with Crippen LogP contribution in [0.1, 0.15) is 61.2 Å². The first-order chi connectivity index (χ1) is 19.0. The van der Waals surface area contributed by atoms with E-state index in [0.717, 1.165) is 41.1 Å². The van der Waals surface area contributed by atoms with E-state index in [1.165, 1.54) is 43.5 Å². The van der Waals surface area contributed by atoms with Crippen molar-refractivity contribution in [3.05, 3.63) is 107 Å². The molecule has 0 bridgehead atoms. The van der Waals surface area contributed by atoms with Gasteiger partial charge in [-0.2, -0.15) is 0 Å². The summed E-state index contributed by atoms with van der Waals surface area (Å²) in [5.74, 6) is 0.910. The van der Waals surface area contributed by atoms with Crippen LogP contribution in [0.2, 0.25) is 0 Å². The lowest BCUT2D eigenvalue weighted by molar-refractivity contribution is -0.128. The van der Waals surface area contributed by atoms with Gasteiger partial charge in [0.25, 0.3) is 0 Å². The summed E-state index contributed by atoms with van der Waals surface area (Å²) in [6.07, 6.45) is 7.54. The number of benzene rings is 3. The lowest BCUT2D eigenvalue weighted by Crippen LogP contribution is -2.36. The highest BCUT2D eigenvalue weighted by Crippen LogP contribution is 2.23. The number of fused-ring (bicyclic) bond motifs is 1. The van der Waals surface area contributed by atoms with Gasteiger partial charge in [0.1, 0.15) is 5.82 Å². The van der Waals surface area contributed by atoms with Crippen molar-refractivity contribution in [2.45, 2.75) is 65.7 Å². The molecular formula is C34H40N4O. The van der Waals surface area contributed by atoms with Crippen LogP contribution in [0.4, 0.5) is 0 Å². The zero-order valence-electron chi connectivity index (χ0n) is 23.5. The molecule has 1 aliphatic rings. The van der Waals surface area contributed by atoms with E-state index in [-0.39, 0.29) is 11.9 Å². The third kappa shape index (κ3) is 6.48. The number of carbonyl (C=O) groups excluding carboxylic acids is 1. The Kier molecular flexibility index (Phi) is 8.58. The fourth-order valence-electron chi connectivity index (χ4n) is 5.52. The highest BCUT2D eigenvalue weighted by atomic mass is 16.2. The molecule has 0 saturated carbocycles. The molecule has 39 heavy (non-hydrogen) atoms. The molecule has 3 aromatic carbocycles. The van der Waals surface area contributed by atoms with Crippen LogP contribution in [-0.4, -0.2) is 44.4 Å². The van der Waals surface area contributed by atoms with Gasteiger partial charge in [0, 0.05) is 25.2 Å². The first-order valence-corrected chi connectivity index (χ1v) is 14.3. The minimum atomic E-state index is -0.00245. The molecule has 0 N–H and O–H groups in total. The highest BCUT2D eigenvalue weighted by Gasteiger charge is 2.21. The molecule has 0 aliphatic carbocycles. The third-order valence-corrected chi connectivity index (χ3v) is 7.84. The van der Waals surface area contributed by atoms with Gasteiger partial charge in [-0.25, -0.2) is 4.98 Å². The smallest absolute Gasteiger partial charge is 0.247 e. The van der Waals surface area contributed by atoms with E-state index >= 15 is 0 Å². The first-order valence-electron chi connectivity index (χ1n) is 14.3. The molecule has 1 amide bonds. The van der Waals surface area contributed by atoms with Crippen LogP contribution < -0.4 is 0 Å². The quantitative estimate of drug-likeness (QED) is 0.227. The summed E-state index contributed by atoms with van der Waals surface area (Å²) in [5, 5.41) is 0. The van der Waals surface area contributed by atoms with Gasteiger partial charge >= 0.3 is 0 Å². The van der Waals surface area contributed by atoms with E-state index < -0.39 is 0 Å². The molecule has 1 aromatic heterocycles. The van der Waals surface area contributed by atoms with E-state index in [2.05, 4.69) is 78.8 Å². The van der Waals surface area contributed by atoms with E-state index in [1.807, 2.05) is 35.2 Å². The largest absolute Gasteiger partial charge is 0.329 e. The summed E-state index contributed by atoms with van der Waals surface area (Å²) in [7, 11) is 0. The summed E-state index contributed by atoms with van der Waals surface area (Å²) in [4.78, 5) is 22.9. The molecule has 5 nitrogen and oxygen atoms in total. The number of aromatic nitrogens is 2. The monoisotopic (exact) mass is 520 g/mol. The second-order valence-corrected chi connectivity index (χ2v) is 11.0. The van der Waals surface area contributed by atoms with Crippen LogP contribution in [0.3, 0.4) is 0 Å². The average molecular weight is 521 g/mol. The Hall–Kier alpha value is -3.70. The Balaban J connectivity index is 1.43. The van der Waals surface area contributed by atoms with Gasteiger partial charge in [-0.05, 0) is 87.2 Å². The Labute approximate surface area is 232 Å². The number of rotatable bonds is 9. The fraction of sp³-hybridized carbons (Fsp3) is 0.353. The summed E-state index contributed by atoms with van der Waals surface area (Å²) >= 11 is 0. The second kappa shape index (κ2) is 12.4. The molecule has 1 fully saturated rings. The van der Waals surface area contributed by atoms with Gasteiger partial charge in [-0.3, -0.25) is 9.69 Å². The van der Waals surface area contributed by atoms with Crippen molar-refractivity contribution in [3.8, 4) is 0 Å². The number of hydrogen-bond acceptors (Lipinski definition) is 3. The van der Waals surface area contributed by atoms with Crippen molar-refractivity contribution >= 4 is 23.0 Å². The Morgan fingerprint density at radius 3 is 2.31 bits per heavy atom. The lowest BCUT2D eigenvalue weighted by Gasteiger charge is -2.28. The number of piperidine rings is 1. The van der Waals surface area contributed by atoms with Gasteiger partial charge in [0.05, 0.1) is 17.6 Å². The molecule has 2 heterocycles. The van der Waals surface area contributed by atoms with Crippen LogP contribution >= 0.6 is 0 Å². The van der Waals surface area contributed by atoms with Crippen molar-refractivity contribution < 1.29 is 4.79 Å². The number of para-hydroxylation sites is 2. The highest BCUT2D eigenvalue weighted by molar-refractivity contribution is 5.92. The summed E-state index contributed by atoms with van der Waals surface area (Å²) < 4.78 is 2.30. The van der Waals surface area contributed by atoms with Gasteiger partial charge in [-0.1, -0.05) is 67.1 Å². The Morgan fingerprint density at radius 2 is 1.56 bits per heavy atom. The molecule has 5 rings (SSSR count). The van der Waals surface area contributed by atoms with Crippen molar-refractivity contribution in [1.29, 1.82) is 0 Å². The Morgan fingerprint density at radius 1 is 0.897 bits per heavy atom. The molecule has 1 aliphatic heterocycles. The maximum atomic E-state index is 13.4. The predicted octanol–water partition coefficient (Wildman–Crippen LogP) is 6.83. The van der Waals surface area contributed by atoms with Gasteiger partial charge in [-0.15, -0.1) is 0 Å². The normalized spacial score (nSPS) is 14.5. The van der Waals surface area contributed by atoms with E-state index in [0.29, 0.717) is 6.54 Å². The summed E-state index contributed by atoms with van der Waals surface area (Å²) in [5.41, 5.74) is 6.98. The Bertz CT molecular complexity index is 1440. The topological polar surface area (TPSA) is 41.4 Å². The van der Waals surface area contributed by atoms with Crippen LogP contribution in [0.15, 0.2) is 78.9 Å². The number of likely N-dealkylation sites (tertiary alicyclic amines) is 1. The number of carbonyl (C=O) groups is 1. The van der Waals surface area contributed by atoms with Crippen molar-refractivity contribution in [2.75, 3.05) is 13.1 Å². The number of nitrogens with zero attached hydrogens (tertiary/aromatic N) is 4. The fourth-order valence-corrected chi connectivity index (χ4v) is 5.52. The van der Waals surface area contributed by atoms with Crippen LogP contribution in [0.25, 0.3) is 17.1 Å². The van der Waals surface area contributed by atoms with Crippen LogP contribution in [0, 0.1) is 6.92 Å². The summed E-state index contributed by atoms with van der Waals surface area (Å²) in [6, 6.07) is 25.3. The number of aryl methyl sites for hydroxylation is 1. The zero-order valence-corrected chi connectivity index (χ0v) is 23.5. The molecule has 5 heteroatoms. The lowest BCUT2D eigenvalue weighted by atomic mass is 10.0. The van der Waals surface area contributed by atoms with Gasteiger partial charge in [0.2, 0.25) is 5.91 Å².